The van der Waals surface area contributed by atoms with Crippen molar-refractivity contribution in [1.82, 2.24) is 19.9 Å². The van der Waals surface area contributed by atoms with Crippen LogP contribution in [0.5, 0.6) is 0 Å². The standard InChI is InChI=1S/C26H28N4/c1-6-18-10-20-11-19-7-14(2)21(27-19)12-22-15(3)8-24(29-22)17(5)25-9-16(4)23(30-25)13-26(18)28-20/h7,9-13,15,27-28H,6,8H2,1-5H3. The molecule has 0 fully saturated rings. The zero-order valence-electron chi connectivity index (χ0n) is 18.4. The number of nitrogens with zero attached hydrogens (tertiary/aromatic N) is 2. The number of aryl methyl sites for hydroxylation is 2. The summed E-state index contributed by atoms with van der Waals surface area (Å²) in [6.07, 6.45) is 4.13. The van der Waals surface area contributed by atoms with Crippen molar-refractivity contribution in [2.45, 2.75) is 53.4 Å². The van der Waals surface area contributed by atoms with Crippen LogP contribution in [-0.4, -0.2) is 19.9 Å². The van der Waals surface area contributed by atoms with Gasteiger partial charge in [-0.2, -0.15) is 0 Å². The first-order valence-electron chi connectivity index (χ1n) is 10.8. The van der Waals surface area contributed by atoms with Crippen molar-refractivity contribution in [3.63, 3.8) is 0 Å². The molecule has 3 aromatic heterocycles. The Hall–Kier alpha value is -3.14. The molecular weight excluding hydrogens is 368 g/mol. The van der Waals surface area contributed by atoms with Gasteiger partial charge in [-0.1, -0.05) is 13.8 Å². The van der Waals surface area contributed by atoms with Crippen molar-refractivity contribution in [2.75, 3.05) is 0 Å². The second kappa shape index (κ2) is 6.98. The van der Waals surface area contributed by atoms with Crippen molar-refractivity contribution in [3.8, 4) is 0 Å². The maximum Gasteiger partial charge on any atom is 0.0687 e. The zero-order valence-corrected chi connectivity index (χ0v) is 18.4. The predicted octanol–water partition coefficient (Wildman–Crippen LogP) is 6.40. The number of aromatic amines is 2. The van der Waals surface area contributed by atoms with E-state index >= 15 is 0 Å². The first-order chi connectivity index (χ1) is 14.4. The Morgan fingerprint density at radius 2 is 1.70 bits per heavy atom. The minimum Gasteiger partial charge on any atom is -0.355 e. The van der Waals surface area contributed by atoms with Gasteiger partial charge in [0.15, 0.2) is 0 Å². The summed E-state index contributed by atoms with van der Waals surface area (Å²) in [6.45, 7) is 10.9. The summed E-state index contributed by atoms with van der Waals surface area (Å²) >= 11 is 0. The molecule has 0 aromatic carbocycles. The molecule has 0 amide bonds. The summed E-state index contributed by atoms with van der Waals surface area (Å²) in [5.74, 6) is 0.403. The van der Waals surface area contributed by atoms with Crippen molar-refractivity contribution >= 4 is 33.7 Å². The van der Waals surface area contributed by atoms with Crippen molar-refractivity contribution in [3.05, 3.63) is 69.8 Å². The molecule has 30 heavy (non-hydrogen) atoms. The highest BCUT2D eigenvalue weighted by atomic mass is 14.8. The second-order valence-corrected chi connectivity index (χ2v) is 8.69. The summed E-state index contributed by atoms with van der Waals surface area (Å²) in [5.41, 5.74) is 13.7. The molecule has 0 saturated heterocycles. The molecule has 4 nitrogen and oxygen atoms in total. The average molecular weight is 397 g/mol. The lowest BCUT2D eigenvalue weighted by Crippen LogP contribution is -1.91. The van der Waals surface area contributed by atoms with Gasteiger partial charge in [0.1, 0.15) is 0 Å². The fourth-order valence-electron chi connectivity index (χ4n) is 4.45. The van der Waals surface area contributed by atoms with Crippen molar-refractivity contribution in [2.24, 2.45) is 0 Å². The largest absolute Gasteiger partial charge is 0.355 e. The van der Waals surface area contributed by atoms with Gasteiger partial charge in [-0.25, -0.2) is 4.98 Å². The van der Waals surface area contributed by atoms with Crippen LogP contribution in [0, 0.1) is 13.8 Å². The molecule has 3 aromatic rings. The number of hydrogen-bond donors (Lipinski definition) is 2. The van der Waals surface area contributed by atoms with E-state index in [2.05, 4.69) is 81.0 Å². The molecule has 0 aliphatic carbocycles. The third-order valence-electron chi connectivity index (χ3n) is 6.38. The monoisotopic (exact) mass is 396 g/mol. The summed E-state index contributed by atoms with van der Waals surface area (Å²) < 4.78 is 0. The maximum atomic E-state index is 5.01. The predicted molar refractivity (Wildman–Crippen MR) is 126 cm³/mol. The van der Waals surface area contributed by atoms with E-state index in [-0.39, 0.29) is 0 Å². The molecule has 4 heteroatoms. The Morgan fingerprint density at radius 3 is 2.50 bits per heavy atom. The number of aromatic nitrogens is 4. The van der Waals surface area contributed by atoms with Crippen LogP contribution in [0.25, 0.3) is 33.7 Å². The zero-order chi connectivity index (χ0) is 21.0. The van der Waals surface area contributed by atoms with Crippen LogP contribution in [0.3, 0.4) is 0 Å². The van der Waals surface area contributed by atoms with Crippen molar-refractivity contribution in [1.29, 1.82) is 0 Å². The number of hydrogen-bond acceptors (Lipinski definition) is 2. The van der Waals surface area contributed by atoms with Gasteiger partial charge in [0.25, 0.3) is 0 Å². The number of allylic oxidation sites excluding steroid dienone is 1. The Balaban J connectivity index is 1.92. The lowest BCUT2D eigenvalue weighted by molar-refractivity contribution is 0.793. The van der Waals surface area contributed by atoms with Crippen LogP contribution < -0.4 is 0 Å². The van der Waals surface area contributed by atoms with E-state index in [1.807, 2.05) is 0 Å². The van der Waals surface area contributed by atoms with Gasteiger partial charge in [-0.05, 0) is 92.3 Å². The van der Waals surface area contributed by atoms with Gasteiger partial charge in [0.05, 0.1) is 11.4 Å². The Labute approximate surface area is 177 Å². The van der Waals surface area contributed by atoms with Gasteiger partial charge >= 0.3 is 0 Å². The maximum absolute atomic E-state index is 5.01. The topological polar surface area (TPSA) is 57.4 Å². The molecular formula is C26H28N4. The minimum atomic E-state index is 0.403. The summed E-state index contributed by atoms with van der Waals surface area (Å²) in [5, 5.41) is 0. The lowest BCUT2D eigenvalue weighted by atomic mass is 10.0. The summed E-state index contributed by atoms with van der Waals surface area (Å²) in [4.78, 5) is 17.1. The molecule has 2 aliphatic heterocycles. The van der Waals surface area contributed by atoms with Gasteiger partial charge in [0, 0.05) is 39.4 Å². The fraction of sp³-hybridized carbons (Fsp3) is 0.308. The fourth-order valence-corrected chi connectivity index (χ4v) is 4.45. The van der Waals surface area contributed by atoms with Crippen LogP contribution in [0.4, 0.5) is 0 Å². The lowest BCUT2D eigenvalue weighted by Gasteiger charge is -2.00. The Kier molecular flexibility index (Phi) is 4.39. The number of nitrogens with one attached hydrogen (secondary N) is 2. The third kappa shape index (κ3) is 3.17. The van der Waals surface area contributed by atoms with E-state index in [4.69, 9.17) is 9.97 Å². The molecule has 5 rings (SSSR count). The van der Waals surface area contributed by atoms with E-state index in [1.165, 1.54) is 22.3 Å². The number of H-pyrrole nitrogens is 2. The van der Waals surface area contributed by atoms with Gasteiger partial charge in [-0.15, -0.1) is 0 Å². The van der Waals surface area contributed by atoms with Gasteiger partial charge < -0.3 is 9.97 Å². The third-order valence-corrected chi connectivity index (χ3v) is 6.38. The molecule has 0 radical (unpaired) electrons. The number of fused-ring (bicyclic) bond motifs is 8. The average Bonchev–Trinajstić information content (AvgIpc) is 3.44. The molecule has 0 saturated carbocycles. The molecule has 1 atom stereocenters. The first kappa shape index (κ1) is 18.9. The highest BCUT2D eigenvalue weighted by Crippen LogP contribution is 2.30. The van der Waals surface area contributed by atoms with E-state index in [1.54, 1.807) is 0 Å². The molecule has 0 spiro atoms. The van der Waals surface area contributed by atoms with Crippen LogP contribution in [0.15, 0.2) is 30.3 Å². The molecule has 1 unspecified atom stereocenters. The molecule has 2 N–H and O–H groups in total. The van der Waals surface area contributed by atoms with Crippen molar-refractivity contribution < 1.29 is 0 Å². The Morgan fingerprint density at radius 1 is 0.933 bits per heavy atom. The van der Waals surface area contributed by atoms with Crippen LogP contribution in [0.2, 0.25) is 0 Å². The van der Waals surface area contributed by atoms with Gasteiger partial charge in [0.2, 0.25) is 0 Å². The highest BCUT2D eigenvalue weighted by Gasteiger charge is 2.19. The molecule has 2 aliphatic rings. The minimum absolute atomic E-state index is 0.403. The van der Waals surface area contributed by atoms with E-state index in [9.17, 15) is 0 Å². The highest BCUT2D eigenvalue weighted by molar-refractivity contribution is 5.84. The molecule has 5 heterocycles. The Bertz CT molecular complexity index is 1350. The van der Waals surface area contributed by atoms with E-state index in [0.717, 1.165) is 57.7 Å². The first-order valence-corrected chi connectivity index (χ1v) is 10.8. The van der Waals surface area contributed by atoms with Crippen LogP contribution >= 0.6 is 0 Å². The molecule has 152 valence electrons. The smallest absolute Gasteiger partial charge is 0.0687 e. The van der Waals surface area contributed by atoms with Crippen LogP contribution in [0.1, 0.15) is 66.2 Å². The summed E-state index contributed by atoms with van der Waals surface area (Å²) in [7, 11) is 0. The van der Waals surface area contributed by atoms with Crippen LogP contribution in [-0.2, 0) is 12.8 Å². The van der Waals surface area contributed by atoms with E-state index < -0.39 is 0 Å². The number of rotatable bonds is 1. The van der Waals surface area contributed by atoms with Gasteiger partial charge in [-0.3, -0.25) is 4.98 Å². The quantitative estimate of drug-likeness (QED) is 0.500. The second-order valence-electron chi connectivity index (χ2n) is 8.69. The van der Waals surface area contributed by atoms with E-state index in [0.29, 0.717) is 5.92 Å². The SMILES string of the molecule is CCc1cc2cc3cc(C)c(cc4nc(c(C)c5nc(cc1[nH]2)C(C)=C5)CC4C)[nH]3. The summed E-state index contributed by atoms with van der Waals surface area (Å²) in [6, 6.07) is 11.0. The molecule has 8 bridgehead atoms. The normalized spacial score (nSPS) is 16.0.